The number of carbonyl (C=O) groups is 1. The molecule has 0 bridgehead atoms. The zero-order valence-corrected chi connectivity index (χ0v) is 20.7. The van der Waals surface area contributed by atoms with Crippen LogP contribution < -0.4 is 15.5 Å². The highest BCUT2D eigenvalue weighted by Crippen LogP contribution is 2.24. The summed E-state index contributed by atoms with van der Waals surface area (Å²) in [6.07, 6.45) is 11.4. The van der Waals surface area contributed by atoms with Gasteiger partial charge >= 0.3 is 6.03 Å². The molecule has 188 valence electrons. The summed E-state index contributed by atoms with van der Waals surface area (Å²) >= 11 is 0. The fourth-order valence-corrected chi connectivity index (χ4v) is 5.69. The fourth-order valence-electron chi connectivity index (χ4n) is 5.69. The van der Waals surface area contributed by atoms with Crippen LogP contribution in [0, 0.1) is 0 Å². The van der Waals surface area contributed by atoms with Gasteiger partial charge in [-0.1, -0.05) is 31.0 Å². The van der Waals surface area contributed by atoms with E-state index in [1.54, 1.807) is 0 Å². The zero-order valence-electron chi connectivity index (χ0n) is 20.7. The Labute approximate surface area is 209 Å². The van der Waals surface area contributed by atoms with E-state index in [9.17, 15) is 4.79 Å². The van der Waals surface area contributed by atoms with Gasteiger partial charge in [0.2, 0.25) is 5.95 Å². The summed E-state index contributed by atoms with van der Waals surface area (Å²) in [7, 11) is 0. The average Bonchev–Trinajstić information content (AvgIpc) is 3.20. The number of hydrogen-bond donors (Lipinski definition) is 2. The Morgan fingerprint density at radius 2 is 1.63 bits per heavy atom. The minimum absolute atomic E-state index is 0.00859. The third kappa shape index (κ3) is 6.42. The van der Waals surface area contributed by atoms with Gasteiger partial charge in [0.05, 0.1) is 0 Å². The maximum absolute atomic E-state index is 12.6. The Bertz CT molecular complexity index is 940. The van der Waals surface area contributed by atoms with Crippen molar-refractivity contribution < 1.29 is 4.79 Å². The summed E-state index contributed by atoms with van der Waals surface area (Å²) in [5, 5.41) is 6.65. The predicted molar refractivity (Wildman–Crippen MR) is 141 cm³/mol. The second kappa shape index (κ2) is 11.7. The first-order valence-electron chi connectivity index (χ1n) is 13.4. The van der Waals surface area contributed by atoms with E-state index in [1.165, 1.54) is 32.1 Å². The number of likely N-dealkylation sites (tertiary alicyclic amines) is 2. The van der Waals surface area contributed by atoms with E-state index >= 15 is 0 Å². The molecule has 5 rings (SSSR count). The topological polar surface area (TPSA) is 76.6 Å². The molecule has 1 unspecified atom stereocenters. The van der Waals surface area contributed by atoms with Crippen LogP contribution in [-0.2, 0) is 0 Å². The van der Waals surface area contributed by atoms with Gasteiger partial charge in [-0.3, -0.25) is 4.90 Å². The summed E-state index contributed by atoms with van der Waals surface area (Å²) in [6, 6.07) is 12.7. The summed E-state index contributed by atoms with van der Waals surface area (Å²) < 4.78 is 0. The Morgan fingerprint density at radius 1 is 0.857 bits per heavy atom. The van der Waals surface area contributed by atoms with Crippen LogP contribution in [0.1, 0.15) is 51.4 Å². The zero-order chi connectivity index (χ0) is 23.9. The molecule has 1 aromatic carbocycles. The number of nitrogens with one attached hydrogen (secondary N) is 2. The molecule has 0 radical (unpaired) electrons. The second-order valence-electron chi connectivity index (χ2n) is 10.1. The van der Waals surface area contributed by atoms with E-state index in [2.05, 4.69) is 25.4 Å². The molecule has 0 aliphatic carbocycles. The molecule has 0 spiro atoms. The number of nitrogens with zero attached hydrogens (tertiary/aromatic N) is 5. The lowest BCUT2D eigenvalue weighted by Crippen LogP contribution is -2.52. The lowest BCUT2D eigenvalue weighted by Gasteiger charge is -2.42. The lowest BCUT2D eigenvalue weighted by atomic mass is 9.98. The molecule has 1 atom stereocenters. The number of carbonyl (C=O) groups excluding carboxylic acids is 1. The predicted octanol–water partition coefficient (Wildman–Crippen LogP) is 4.43. The largest absolute Gasteiger partial charge is 0.356 e. The van der Waals surface area contributed by atoms with Gasteiger partial charge in [-0.15, -0.1) is 0 Å². The van der Waals surface area contributed by atoms with E-state index in [0.717, 1.165) is 76.0 Å². The standard InChI is InChI=1S/C27H39N7O/c35-27(30-22-9-4-3-5-10-22)33-19-13-24(14-20-33)34-18-8-11-23(21-34)29-26-28-15-12-25(31-26)32-16-6-1-2-7-17-32/h3-5,9-10,12,15,23-24H,1-2,6-8,11,13-14,16-21H2,(H,30,35)(H,28,29,31). The molecular formula is C27H39N7O. The van der Waals surface area contributed by atoms with Crippen LogP contribution in [0.3, 0.4) is 0 Å². The Hall–Kier alpha value is -2.87. The fraction of sp³-hybridized carbons (Fsp3) is 0.593. The average molecular weight is 478 g/mol. The number of hydrogen-bond acceptors (Lipinski definition) is 6. The van der Waals surface area contributed by atoms with Gasteiger partial charge < -0.3 is 20.4 Å². The molecule has 3 fully saturated rings. The lowest BCUT2D eigenvalue weighted by molar-refractivity contribution is 0.0997. The highest BCUT2D eigenvalue weighted by Gasteiger charge is 2.30. The van der Waals surface area contributed by atoms with Gasteiger partial charge in [-0.25, -0.2) is 9.78 Å². The first-order valence-corrected chi connectivity index (χ1v) is 13.4. The van der Waals surface area contributed by atoms with E-state index in [4.69, 9.17) is 4.98 Å². The number of rotatable bonds is 5. The van der Waals surface area contributed by atoms with Gasteiger partial charge in [-0.2, -0.15) is 4.98 Å². The van der Waals surface area contributed by atoms with Crippen LogP contribution >= 0.6 is 0 Å². The number of urea groups is 1. The molecule has 2 N–H and O–H groups in total. The van der Waals surface area contributed by atoms with Crippen LogP contribution in [0.4, 0.5) is 22.2 Å². The molecule has 4 heterocycles. The quantitative estimate of drug-likeness (QED) is 0.664. The van der Waals surface area contributed by atoms with Crippen molar-refractivity contribution in [2.24, 2.45) is 0 Å². The van der Waals surface area contributed by atoms with E-state index in [1.807, 2.05) is 47.5 Å². The van der Waals surface area contributed by atoms with Crippen LogP contribution in [0.2, 0.25) is 0 Å². The van der Waals surface area contributed by atoms with Crippen molar-refractivity contribution in [3.8, 4) is 0 Å². The number of piperidine rings is 2. The van der Waals surface area contributed by atoms with E-state index in [-0.39, 0.29) is 6.03 Å². The maximum Gasteiger partial charge on any atom is 0.321 e. The van der Waals surface area contributed by atoms with Gasteiger partial charge in [0.15, 0.2) is 0 Å². The summed E-state index contributed by atoms with van der Waals surface area (Å²) in [5.41, 5.74) is 0.853. The summed E-state index contributed by atoms with van der Waals surface area (Å²) in [5.74, 6) is 1.81. The molecule has 2 amide bonds. The molecule has 35 heavy (non-hydrogen) atoms. The summed E-state index contributed by atoms with van der Waals surface area (Å²) in [4.78, 5) is 29.0. The number of amides is 2. The van der Waals surface area contributed by atoms with Crippen molar-refractivity contribution in [2.75, 3.05) is 54.8 Å². The maximum atomic E-state index is 12.6. The van der Waals surface area contributed by atoms with E-state index < -0.39 is 0 Å². The normalized spacial score (nSPS) is 22.5. The highest BCUT2D eigenvalue weighted by atomic mass is 16.2. The van der Waals surface area contributed by atoms with Gasteiger partial charge in [0.1, 0.15) is 5.82 Å². The van der Waals surface area contributed by atoms with Crippen molar-refractivity contribution >= 4 is 23.5 Å². The molecule has 8 heteroatoms. The van der Waals surface area contributed by atoms with Gasteiger partial charge in [0, 0.05) is 56.7 Å². The SMILES string of the molecule is O=C(Nc1ccccc1)N1CCC(N2CCCC(Nc3nccc(N4CCCCCC4)n3)C2)CC1. The van der Waals surface area contributed by atoms with Gasteiger partial charge in [0.25, 0.3) is 0 Å². The number of benzene rings is 1. The molecule has 2 aromatic rings. The first kappa shape index (κ1) is 23.9. The van der Waals surface area contributed by atoms with Crippen molar-refractivity contribution in [1.82, 2.24) is 19.8 Å². The van der Waals surface area contributed by atoms with Crippen LogP contribution in [0.5, 0.6) is 0 Å². The third-order valence-corrected chi connectivity index (χ3v) is 7.65. The molecule has 3 aliphatic rings. The van der Waals surface area contributed by atoms with Crippen molar-refractivity contribution in [3.05, 3.63) is 42.6 Å². The van der Waals surface area contributed by atoms with Gasteiger partial charge in [-0.05, 0) is 63.3 Å². The smallest absolute Gasteiger partial charge is 0.321 e. The molecule has 0 saturated carbocycles. The third-order valence-electron chi connectivity index (χ3n) is 7.65. The molecule has 3 saturated heterocycles. The monoisotopic (exact) mass is 477 g/mol. The molecular weight excluding hydrogens is 438 g/mol. The Morgan fingerprint density at radius 3 is 2.40 bits per heavy atom. The number of para-hydroxylation sites is 1. The van der Waals surface area contributed by atoms with Crippen LogP contribution in [0.25, 0.3) is 0 Å². The Balaban J connectivity index is 1.11. The number of anilines is 3. The van der Waals surface area contributed by atoms with E-state index in [0.29, 0.717) is 12.1 Å². The second-order valence-corrected chi connectivity index (χ2v) is 10.1. The minimum atomic E-state index is 0.00859. The minimum Gasteiger partial charge on any atom is -0.356 e. The molecule has 8 nitrogen and oxygen atoms in total. The van der Waals surface area contributed by atoms with Crippen molar-refractivity contribution in [2.45, 2.75) is 63.5 Å². The Kier molecular flexibility index (Phi) is 7.98. The molecule has 1 aromatic heterocycles. The van der Waals surface area contributed by atoms with Crippen molar-refractivity contribution in [3.63, 3.8) is 0 Å². The van der Waals surface area contributed by atoms with Crippen LogP contribution in [0.15, 0.2) is 42.6 Å². The summed E-state index contributed by atoms with van der Waals surface area (Å²) in [6.45, 7) is 5.94. The molecule has 3 aliphatic heterocycles. The highest BCUT2D eigenvalue weighted by molar-refractivity contribution is 5.89. The van der Waals surface area contributed by atoms with Crippen molar-refractivity contribution in [1.29, 1.82) is 0 Å². The van der Waals surface area contributed by atoms with Crippen LogP contribution in [-0.4, -0.2) is 77.2 Å². The first-order chi connectivity index (χ1) is 17.2. The number of aromatic nitrogens is 2.